The summed E-state index contributed by atoms with van der Waals surface area (Å²) in [5, 5.41) is 2.66. The van der Waals surface area contributed by atoms with Crippen molar-refractivity contribution < 1.29 is 23.9 Å². The van der Waals surface area contributed by atoms with E-state index < -0.39 is 5.91 Å². The molecule has 0 aliphatic heterocycles. The average Bonchev–Trinajstić information content (AvgIpc) is 2.73. The second-order valence-corrected chi connectivity index (χ2v) is 6.62. The van der Waals surface area contributed by atoms with Crippen LogP contribution in [0.2, 0.25) is 0 Å². The second kappa shape index (κ2) is 11.5. The van der Waals surface area contributed by atoms with Crippen LogP contribution in [0.25, 0.3) is 0 Å². The number of hydrazine groups is 1. The third kappa shape index (κ3) is 7.12. The highest BCUT2D eigenvalue weighted by Crippen LogP contribution is 2.28. The molecule has 0 bridgehead atoms. The van der Waals surface area contributed by atoms with Crippen LogP contribution in [0, 0.1) is 0 Å². The van der Waals surface area contributed by atoms with E-state index >= 15 is 0 Å². The van der Waals surface area contributed by atoms with Crippen LogP contribution in [0.3, 0.4) is 0 Å². The summed E-state index contributed by atoms with van der Waals surface area (Å²) in [5.74, 6) is 0.00357. The van der Waals surface area contributed by atoms with E-state index in [0.29, 0.717) is 29.4 Å². The number of hydrogen-bond acceptors (Lipinski definition) is 5. The first-order valence-electron chi connectivity index (χ1n) is 9.69. The fourth-order valence-electron chi connectivity index (χ4n) is 2.59. The normalized spacial score (nSPS) is 10.1. The minimum atomic E-state index is -0.470. The van der Waals surface area contributed by atoms with Gasteiger partial charge in [0.1, 0.15) is 0 Å². The maximum atomic E-state index is 12.3. The standard InChI is InChI=1S/C22H27N3O5/c1-4-5-12-30-19-11-8-17(14-20(19)29-3)22(28)25-24-21(27)13-16-6-9-18(10-7-16)23-15(2)26/h6-11,14H,4-5,12-13H2,1-3H3,(H,23,26)(H,24,27)(H,25,28). The molecule has 3 amide bonds. The molecule has 8 heteroatoms. The van der Waals surface area contributed by atoms with Crippen LogP contribution in [0.5, 0.6) is 11.5 Å². The van der Waals surface area contributed by atoms with Crippen LogP contribution in [0.4, 0.5) is 5.69 Å². The number of carbonyl (C=O) groups excluding carboxylic acids is 3. The highest BCUT2D eigenvalue weighted by atomic mass is 16.5. The van der Waals surface area contributed by atoms with Gasteiger partial charge >= 0.3 is 0 Å². The molecule has 30 heavy (non-hydrogen) atoms. The summed E-state index contributed by atoms with van der Waals surface area (Å²) in [5.41, 5.74) is 6.50. The number of anilines is 1. The van der Waals surface area contributed by atoms with Crippen molar-refractivity contribution in [3.05, 3.63) is 53.6 Å². The molecule has 0 radical (unpaired) electrons. The van der Waals surface area contributed by atoms with Gasteiger partial charge in [-0.05, 0) is 42.3 Å². The van der Waals surface area contributed by atoms with Gasteiger partial charge in [-0.3, -0.25) is 25.2 Å². The van der Waals surface area contributed by atoms with E-state index in [1.165, 1.54) is 14.0 Å². The van der Waals surface area contributed by atoms with E-state index in [9.17, 15) is 14.4 Å². The third-order valence-corrected chi connectivity index (χ3v) is 4.14. The molecule has 0 aliphatic rings. The summed E-state index contributed by atoms with van der Waals surface area (Å²) >= 11 is 0. The number of methoxy groups -OCH3 is 1. The van der Waals surface area contributed by atoms with Crippen molar-refractivity contribution in [2.45, 2.75) is 33.1 Å². The van der Waals surface area contributed by atoms with Gasteiger partial charge in [-0.15, -0.1) is 0 Å². The van der Waals surface area contributed by atoms with Crippen molar-refractivity contribution in [2.24, 2.45) is 0 Å². The fraction of sp³-hybridized carbons (Fsp3) is 0.318. The van der Waals surface area contributed by atoms with Crippen LogP contribution in [-0.4, -0.2) is 31.4 Å². The van der Waals surface area contributed by atoms with Gasteiger partial charge < -0.3 is 14.8 Å². The maximum absolute atomic E-state index is 12.3. The van der Waals surface area contributed by atoms with Gasteiger partial charge in [0.05, 0.1) is 20.1 Å². The van der Waals surface area contributed by atoms with Crippen LogP contribution in [0.1, 0.15) is 42.6 Å². The van der Waals surface area contributed by atoms with Crippen LogP contribution in [-0.2, 0) is 16.0 Å². The zero-order valence-corrected chi connectivity index (χ0v) is 17.4. The molecule has 0 saturated heterocycles. The third-order valence-electron chi connectivity index (χ3n) is 4.14. The first-order chi connectivity index (χ1) is 14.4. The van der Waals surface area contributed by atoms with E-state index in [-0.39, 0.29) is 18.2 Å². The number of amides is 3. The van der Waals surface area contributed by atoms with E-state index in [1.807, 2.05) is 0 Å². The van der Waals surface area contributed by atoms with Gasteiger partial charge in [0.2, 0.25) is 11.8 Å². The van der Waals surface area contributed by atoms with Crippen molar-refractivity contribution >= 4 is 23.4 Å². The highest BCUT2D eigenvalue weighted by Gasteiger charge is 2.12. The molecule has 160 valence electrons. The Kier molecular flexibility index (Phi) is 8.68. The lowest BCUT2D eigenvalue weighted by atomic mass is 10.1. The van der Waals surface area contributed by atoms with Gasteiger partial charge in [-0.25, -0.2) is 0 Å². The first-order valence-corrected chi connectivity index (χ1v) is 9.69. The van der Waals surface area contributed by atoms with Crippen LogP contribution in [0.15, 0.2) is 42.5 Å². The predicted molar refractivity (Wildman–Crippen MR) is 113 cm³/mol. The molecule has 0 fully saturated rings. The summed E-state index contributed by atoms with van der Waals surface area (Å²) in [7, 11) is 1.50. The van der Waals surface area contributed by atoms with Gasteiger partial charge in [-0.1, -0.05) is 25.5 Å². The Bertz CT molecular complexity index is 881. The van der Waals surface area contributed by atoms with Gasteiger partial charge in [0.25, 0.3) is 5.91 Å². The largest absolute Gasteiger partial charge is 0.493 e. The summed E-state index contributed by atoms with van der Waals surface area (Å²) in [6.07, 6.45) is 2.02. The number of rotatable bonds is 9. The lowest BCUT2D eigenvalue weighted by molar-refractivity contribution is -0.121. The maximum Gasteiger partial charge on any atom is 0.269 e. The highest BCUT2D eigenvalue weighted by molar-refractivity contribution is 5.96. The number of carbonyl (C=O) groups is 3. The molecule has 0 spiro atoms. The molecule has 2 aromatic rings. The van der Waals surface area contributed by atoms with Gasteiger partial charge in [-0.2, -0.15) is 0 Å². The molecule has 0 atom stereocenters. The quantitative estimate of drug-likeness (QED) is 0.433. The number of hydrogen-bond donors (Lipinski definition) is 3. The number of unbranched alkanes of at least 4 members (excludes halogenated alkanes) is 1. The van der Waals surface area contributed by atoms with Crippen molar-refractivity contribution in [1.82, 2.24) is 10.9 Å². The minimum Gasteiger partial charge on any atom is -0.493 e. The summed E-state index contributed by atoms with van der Waals surface area (Å²) in [4.78, 5) is 35.5. The summed E-state index contributed by atoms with van der Waals surface area (Å²) in [6.45, 7) is 4.07. The fourth-order valence-corrected chi connectivity index (χ4v) is 2.59. The molecule has 3 N–H and O–H groups in total. The minimum absolute atomic E-state index is 0.0775. The zero-order chi connectivity index (χ0) is 21.9. The Hall–Kier alpha value is -3.55. The van der Waals surface area contributed by atoms with Crippen molar-refractivity contribution in [3.63, 3.8) is 0 Å². The first kappa shape index (κ1) is 22.7. The Morgan fingerprint density at radius 3 is 2.33 bits per heavy atom. The Morgan fingerprint density at radius 1 is 0.967 bits per heavy atom. The predicted octanol–water partition coefficient (Wildman–Crippen LogP) is 2.84. The molecule has 0 saturated carbocycles. The Balaban J connectivity index is 1.88. The summed E-state index contributed by atoms with van der Waals surface area (Å²) in [6, 6.07) is 11.7. The molecule has 2 rings (SSSR count). The van der Waals surface area contributed by atoms with E-state index in [1.54, 1.807) is 42.5 Å². The molecule has 0 heterocycles. The zero-order valence-electron chi connectivity index (χ0n) is 17.4. The monoisotopic (exact) mass is 413 g/mol. The molecule has 8 nitrogen and oxygen atoms in total. The Morgan fingerprint density at radius 2 is 1.70 bits per heavy atom. The van der Waals surface area contributed by atoms with E-state index in [2.05, 4.69) is 23.1 Å². The van der Waals surface area contributed by atoms with Crippen LogP contribution >= 0.6 is 0 Å². The lowest BCUT2D eigenvalue weighted by Gasteiger charge is -2.12. The number of benzene rings is 2. The van der Waals surface area contributed by atoms with E-state index in [4.69, 9.17) is 9.47 Å². The number of nitrogens with one attached hydrogen (secondary N) is 3. The molecular formula is C22H27N3O5. The molecular weight excluding hydrogens is 386 g/mol. The number of ether oxygens (including phenoxy) is 2. The molecule has 0 unspecified atom stereocenters. The van der Waals surface area contributed by atoms with Gasteiger partial charge in [0, 0.05) is 18.2 Å². The van der Waals surface area contributed by atoms with Crippen LogP contribution < -0.4 is 25.6 Å². The molecule has 0 aromatic heterocycles. The SMILES string of the molecule is CCCCOc1ccc(C(=O)NNC(=O)Cc2ccc(NC(C)=O)cc2)cc1OC. The molecule has 0 aliphatic carbocycles. The summed E-state index contributed by atoms with van der Waals surface area (Å²) < 4.78 is 10.9. The van der Waals surface area contributed by atoms with Crippen molar-refractivity contribution in [2.75, 3.05) is 19.0 Å². The van der Waals surface area contributed by atoms with E-state index in [0.717, 1.165) is 18.4 Å². The van der Waals surface area contributed by atoms with Crippen molar-refractivity contribution in [1.29, 1.82) is 0 Å². The average molecular weight is 413 g/mol. The molecule has 2 aromatic carbocycles. The Labute approximate surface area is 175 Å². The lowest BCUT2D eigenvalue weighted by Crippen LogP contribution is -2.42. The smallest absolute Gasteiger partial charge is 0.269 e. The van der Waals surface area contributed by atoms with Crippen molar-refractivity contribution in [3.8, 4) is 11.5 Å². The topological polar surface area (TPSA) is 106 Å². The van der Waals surface area contributed by atoms with Gasteiger partial charge in [0.15, 0.2) is 11.5 Å². The second-order valence-electron chi connectivity index (χ2n) is 6.62.